The topological polar surface area (TPSA) is 64.3 Å². The number of carbonyl (C=O) groups is 1. The molecule has 1 amide bonds. The van der Waals surface area contributed by atoms with Gasteiger partial charge in [-0.1, -0.05) is 38.1 Å². The summed E-state index contributed by atoms with van der Waals surface area (Å²) in [5.41, 5.74) is 7.96. The van der Waals surface area contributed by atoms with Gasteiger partial charge >= 0.3 is 0 Å². The molecule has 0 aromatic heterocycles. The molecule has 2 atom stereocenters. The standard InChI is InChI=1S/C17H28N2O2.ClH/c1-12(2)9-14-5-7-15(8-6-14)13(3)19-17(20)10-16(11-18)21-4;/h5-8,12-13,16H,9-11,18H2,1-4H3,(H,19,20);1H. The van der Waals surface area contributed by atoms with Gasteiger partial charge in [-0.2, -0.15) is 0 Å². The molecule has 0 heterocycles. The number of ether oxygens (including phenoxy) is 1. The number of halogens is 1. The fourth-order valence-corrected chi connectivity index (χ4v) is 2.27. The highest BCUT2D eigenvalue weighted by atomic mass is 35.5. The summed E-state index contributed by atoms with van der Waals surface area (Å²) in [5, 5.41) is 2.98. The van der Waals surface area contributed by atoms with Gasteiger partial charge in [0.25, 0.3) is 0 Å². The lowest BCUT2D eigenvalue weighted by Crippen LogP contribution is -2.33. The normalized spacial score (nSPS) is 13.4. The van der Waals surface area contributed by atoms with Crippen LogP contribution in [-0.4, -0.2) is 25.7 Å². The van der Waals surface area contributed by atoms with Gasteiger partial charge in [0, 0.05) is 13.7 Å². The minimum absolute atomic E-state index is 0. The zero-order valence-electron chi connectivity index (χ0n) is 14.0. The fourth-order valence-electron chi connectivity index (χ4n) is 2.27. The van der Waals surface area contributed by atoms with Crippen LogP contribution in [0.25, 0.3) is 0 Å². The van der Waals surface area contributed by atoms with E-state index in [1.807, 2.05) is 6.92 Å². The van der Waals surface area contributed by atoms with Gasteiger partial charge < -0.3 is 15.8 Å². The average molecular weight is 329 g/mol. The first-order valence-corrected chi connectivity index (χ1v) is 7.57. The highest BCUT2D eigenvalue weighted by Gasteiger charge is 2.14. The molecular weight excluding hydrogens is 300 g/mol. The maximum atomic E-state index is 11.9. The van der Waals surface area contributed by atoms with Gasteiger partial charge in [0.15, 0.2) is 0 Å². The Hall–Kier alpha value is -1.10. The quantitative estimate of drug-likeness (QED) is 0.771. The number of hydrogen-bond acceptors (Lipinski definition) is 3. The van der Waals surface area contributed by atoms with Gasteiger partial charge in [-0.3, -0.25) is 4.79 Å². The van der Waals surface area contributed by atoms with Gasteiger partial charge in [-0.05, 0) is 30.4 Å². The highest BCUT2D eigenvalue weighted by molar-refractivity contribution is 5.85. The molecule has 0 aliphatic rings. The van der Waals surface area contributed by atoms with E-state index in [9.17, 15) is 4.79 Å². The monoisotopic (exact) mass is 328 g/mol. The molecule has 0 spiro atoms. The zero-order chi connectivity index (χ0) is 15.8. The summed E-state index contributed by atoms with van der Waals surface area (Å²) in [5.74, 6) is 0.612. The van der Waals surface area contributed by atoms with E-state index in [1.165, 1.54) is 5.56 Å². The van der Waals surface area contributed by atoms with Crippen molar-refractivity contribution in [3.63, 3.8) is 0 Å². The van der Waals surface area contributed by atoms with E-state index < -0.39 is 0 Å². The van der Waals surface area contributed by atoms with Crippen LogP contribution in [0.15, 0.2) is 24.3 Å². The minimum Gasteiger partial charge on any atom is -0.380 e. The van der Waals surface area contributed by atoms with Crippen LogP contribution in [0.3, 0.4) is 0 Å². The molecule has 0 saturated heterocycles. The largest absolute Gasteiger partial charge is 0.380 e. The molecule has 0 aliphatic heterocycles. The second kappa shape index (κ2) is 10.6. The summed E-state index contributed by atoms with van der Waals surface area (Å²) in [6.45, 7) is 6.75. The molecule has 4 nitrogen and oxygen atoms in total. The van der Waals surface area contributed by atoms with Crippen LogP contribution < -0.4 is 11.1 Å². The molecule has 1 rings (SSSR count). The van der Waals surface area contributed by atoms with Gasteiger partial charge in [0.1, 0.15) is 0 Å². The van der Waals surface area contributed by atoms with E-state index in [4.69, 9.17) is 10.5 Å². The Bertz CT molecular complexity index is 431. The SMILES string of the molecule is COC(CN)CC(=O)NC(C)c1ccc(CC(C)C)cc1.Cl. The average Bonchev–Trinajstić information content (AvgIpc) is 2.44. The van der Waals surface area contributed by atoms with E-state index in [0.717, 1.165) is 12.0 Å². The van der Waals surface area contributed by atoms with Crippen LogP contribution in [0.4, 0.5) is 0 Å². The van der Waals surface area contributed by atoms with Crippen molar-refractivity contribution in [3.05, 3.63) is 35.4 Å². The first kappa shape index (κ1) is 20.9. The highest BCUT2D eigenvalue weighted by Crippen LogP contribution is 2.15. The van der Waals surface area contributed by atoms with Crippen LogP contribution in [0.5, 0.6) is 0 Å². The molecule has 1 aromatic carbocycles. The Morgan fingerprint density at radius 2 is 1.82 bits per heavy atom. The number of benzene rings is 1. The molecule has 0 bridgehead atoms. The molecule has 1 aromatic rings. The Kier molecular flexibility index (Phi) is 10.1. The van der Waals surface area contributed by atoms with Crippen molar-refractivity contribution in [2.24, 2.45) is 11.7 Å². The molecule has 2 unspecified atom stereocenters. The maximum Gasteiger partial charge on any atom is 0.223 e. The lowest BCUT2D eigenvalue weighted by Gasteiger charge is -2.17. The fraction of sp³-hybridized carbons (Fsp3) is 0.588. The Morgan fingerprint density at radius 1 is 1.23 bits per heavy atom. The summed E-state index contributed by atoms with van der Waals surface area (Å²) >= 11 is 0. The van der Waals surface area contributed by atoms with Crippen molar-refractivity contribution < 1.29 is 9.53 Å². The zero-order valence-corrected chi connectivity index (χ0v) is 14.8. The summed E-state index contributed by atoms with van der Waals surface area (Å²) in [6.07, 6.45) is 1.15. The summed E-state index contributed by atoms with van der Waals surface area (Å²) in [7, 11) is 1.57. The van der Waals surface area contributed by atoms with Gasteiger partial charge in [-0.15, -0.1) is 12.4 Å². The molecule has 3 N–H and O–H groups in total. The predicted octanol–water partition coefficient (Wildman–Crippen LogP) is 2.85. The summed E-state index contributed by atoms with van der Waals surface area (Å²) < 4.78 is 5.12. The van der Waals surface area contributed by atoms with Crippen LogP contribution in [0.2, 0.25) is 0 Å². The number of rotatable bonds is 8. The molecule has 22 heavy (non-hydrogen) atoms. The van der Waals surface area contributed by atoms with Gasteiger partial charge in [0.2, 0.25) is 5.91 Å². The third kappa shape index (κ3) is 7.25. The number of carbonyl (C=O) groups excluding carboxylic acids is 1. The van der Waals surface area contributed by atoms with Crippen molar-refractivity contribution in [3.8, 4) is 0 Å². The van der Waals surface area contributed by atoms with Crippen molar-refractivity contribution >= 4 is 18.3 Å². The Balaban J connectivity index is 0.00000441. The minimum atomic E-state index is -0.217. The van der Waals surface area contributed by atoms with Crippen LogP contribution in [0.1, 0.15) is 44.4 Å². The van der Waals surface area contributed by atoms with Crippen molar-refractivity contribution in [1.82, 2.24) is 5.32 Å². The third-order valence-electron chi connectivity index (χ3n) is 3.51. The number of methoxy groups -OCH3 is 1. The smallest absolute Gasteiger partial charge is 0.223 e. The second-order valence-corrected chi connectivity index (χ2v) is 5.93. The Morgan fingerprint density at radius 3 is 2.27 bits per heavy atom. The molecular formula is C17H29ClN2O2. The van der Waals surface area contributed by atoms with E-state index >= 15 is 0 Å². The van der Waals surface area contributed by atoms with Crippen molar-refractivity contribution in [2.45, 2.75) is 45.8 Å². The molecule has 0 saturated carbocycles. The van der Waals surface area contributed by atoms with Gasteiger partial charge in [0.05, 0.1) is 18.6 Å². The number of nitrogens with one attached hydrogen (secondary N) is 1. The summed E-state index contributed by atoms with van der Waals surface area (Å²) in [4.78, 5) is 11.9. The number of amides is 1. The van der Waals surface area contributed by atoms with Gasteiger partial charge in [-0.25, -0.2) is 0 Å². The molecule has 0 aliphatic carbocycles. The Labute approximate surface area is 140 Å². The first-order valence-electron chi connectivity index (χ1n) is 7.57. The van der Waals surface area contributed by atoms with Crippen molar-refractivity contribution in [2.75, 3.05) is 13.7 Å². The third-order valence-corrected chi connectivity index (χ3v) is 3.51. The number of nitrogens with two attached hydrogens (primary N) is 1. The number of hydrogen-bond donors (Lipinski definition) is 2. The van der Waals surface area contributed by atoms with Crippen LogP contribution in [-0.2, 0) is 16.0 Å². The second-order valence-electron chi connectivity index (χ2n) is 5.93. The van der Waals surface area contributed by atoms with Crippen molar-refractivity contribution in [1.29, 1.82) is 0 Å². The van der Waals surface area contributed by atoms with E-state index in [0.29, 0.717) is 18.9 Å². The molecule has 5 heteroatoms. The molecule has 0 fully saturated rings. The maximum absolute atomic E-state index is 11.9. The lowest BCUT2D eigenvalue weighted by molar-refractivity contribution is -0.124. The van der Waals surface area contributed by atoms with E-state index in [1.54, 1.807) is 7.11 Å². The molecule has 126 valence electrons. The van der Waals surface area contributed by atoms with E-state index in [-0.39, 0.29) is 30.5 Å². The van der Waals surface area contributed by atoms with Crippen LogP contribution in [0, 0.1) is 5.92 Å². The lowest BCUT2D eigenvalue weighted by atomic mass is 10.00. The van der Waals surface area contributed by atoms with E-state index in [2.05, 4.69) is 43.4 Å². The molecule has 0 radical (unpaired) electrons. The summed E-state index contributed by atoms with van der Waals surface area (Å²) in [6, 6.07) is 8.42. The predicted molar refractivity (Wildman–Crippen MR) is 93.3 cm³/mol. The van der Waals surface area contributed by atoms with Crippen LogP contribution >= 0.6 is 12.4 Å². The first-order chi connectivity index (χ1) is 9.96.